The lowest BCUT2D eigenvalue weighted by Gasteiger charge is -2.11. The molecule has 0 fully saturated rings. The van der Waals surface area contributed by atoms with Gasteiger partial charge in [-0.25, -0.2) is 13.1 Å². The highest BCUT2D eigenvalue weighted by molar-refractivity contribution is 7.89. The molecular weight excluding hydrogens is 368 g/mol. The Balaban J connectivity index is 1.69. The molecule has 1 aromatic heterocycles. The number of benzene rings is 2. The van der Waals surface area contributed by atoms with E-state index in [4.69, 9.17) is 11.6 Å². The Morgan fingerprint density at radius 2 is 1.62 bits per heavy atom. The largest absolute Gasteiger partial charge is 0.346 e. The lowest BCUT2D eigenvalue weighted by molar-refractivity contribution is 0.578. The van der Waals surface area contributed by atoms with Crippen molar-refractivity contribution in [1.82, 2.24) is 9.29 Å². The number of aryl methyl sites for hydroxylation is 1. The van der Waals surface area contributed by atoms with Crippen LogP contribution < -0.4 is 4.72 Å². The molecule has 2 aromatic carbocycles. The number of hydrogen-bond acceptors (Lipinski definition) is 2. The number of nitrogens with zero attached hydrogens (tertiary/aromatic N) is 1. The van der Waals surface area contributed by atoms with E-state index in [9.17, 15) is 8.42 Å². The Bertz CT molecular complexity index is 962. The molecule has 6 heteroatoms. The van der Waals surface area contributed by atoms with Crippen LogP contribution in [0.5, 0.6) is 0 Å². The Hall–Kier alpha value is -2.08. The summed E-state index contributed by atoms with van der Waals surface area (Å²) in [4.78, 5) is 0.283. The Morgan fingerprint density at radius 3 is 2.27 bits per heavy atom. The zero-order valence-electron chi connectivity index (χ0n) is 14.5. The number of halogens is 1. The molecule has 0 bridgehead atoms. The first-order valence-corrected chi connectivity index (χ1v) is 10.3. The highest BCUT2D eigenvalue weighted by Gasteiger charge is 2.14. The topological polar surface area (TPSA) is 51.1 Å². The van der Waals surface area contributed by atoms with E-state index in [1.807, 2.05) is 66.2 Å². The minimum Gasteiger partial charge on any atom is -0.346 e. The summed E-state index contributed by atoms with van der Waals surface area (Å²) in [6.45, 7) is 2.93. The number of nitrogens with one attached hydrogen (secondary N) is 1. The molecule has 0 unspecified atom stereocenters. The Kier molecular flexibility index (Phi) is 5.81. The third kappa shape index (κ3) is 4.55. The molecule has 4 nitrogen and oxygen atoms in total. The summed E-state index contributed by atoms with van der Waals surface area (Å²) < 4.78 is 29.7. The quantitative estimate of drug-likeness (QED) is 0.658. The first-order valence-electron chi connectivity index (χ1n) is 8.45. The van der Waals surface area contributed by atoms with Crippen molar-refractivity contribution in [3.63, 3.8) is 0 Å². The minimum atomic E-state index is -3.54. The lowest BCUT2D eigenvalue weighted by atomic mass is 10.2. The van der Waals surface area contributed by atoms with Crippen LogP contribution in [0.3, 0.4) is 0 Å². The predicted molar refractivity (Wildman–Crippen MR) is 105 cm³/mol. The van der Waals surface area contributed by atoms with Gasteiger partial charge in [-0.05, 0) is 53.9 Å². The fraction of sp³-hybridized carbons (Fsp3) is 0.200. The van der Waals surface area contributed by atoms with Crippen LogP contribution >= 0.6 is 11.6 Å². The smallest absolute Gasteiger partial charge is 0.240 e. The van der Waals surface area contributed by atoms with Gasteiger partial charge in [0.25, 0.3) is 0 Å². The molecule has 0 spiro atoms. The summed E-state index contributed by atoms with van der Waals surface area (Å²) in [5.74, 6) is 0. The van der Waals surface area contributed by atoms with Gasteiger partial charge in [-0.2, -0.15) is 0 Å². The fourth-order valence-electron chi connectivity index (χ4n) is 2.71. The van der Waals surface area contributed by atoms with Crippen LogP contribution in [0.2, 0.25) is 5.02 Å². The van der Waals surface area contributed by atoms with Crippen LogP contribution in [0.1, 0.15) is 23.7 Å². The van der Waals surface area contributed by atoms with Crippen LogP contribution in [-0.2, 0) is 29.5 Å². The van der Waals surface area contributed by atoms with Gasteiger partial charge in [0, 0.05) is 23.5 Å². The van der Waals surface area contributed by atoms with Gasteiger partial charge < -0.3 is 4.57 Å². The summed E-state index contributed by atoms with van der Waals surface area (Å²) in [6, 6.07) is 18.4. The molecular formula is C20H21ClN2O2S. The second-order valence-corrected chi connectivity index (χ2v) is 8.28. The number of rotatable bonds is 7. The Morgan fingerprint density at radius 1 is 0.962 bits per heavy atom. The summed E-state index contributed by atoms with van der Waals surface area (Å²) in [7, 11) is -3.54. The van der Waals surface area contributed by atoms with Gasteiger partial charge in [-0.15, -0.1) is 0 Å². The second kappa shape index (κ2) is 8.08. The molecule has 0 aliphatic rings. The van der Waals surface area contributed by atoms with Gasteiger partial charge in [-0.3, -0.25) is 0 Å². The minimum absolute atomic E-state index is 0.235. The molecule has 1 heterocycles. The van der Waals surface area contributed by atoms with E-state index in [0.717, 1.165) is 23.2 Å². The van der Waals surface area contributed by atoms with Crippen molar-refractivity contribution in [1.29, 1.82) is 0 Å². The van der Waals surface area contributed by atoms with E-state index in [1.54, 1.807) is 12.1 Å². The zero-order chi connectivity index (χ0) is 18.6. The van der Waals surface area contributed by atoms with Crippen molar-refractivity contribution in [3.8, 4) is 0 Å². The first-order chi connectivity index (χ1) is 12.5. The maximum atomic E-state index is 12.5. The van der Waals surface area contributed by atoms with Crippen molar-refractivity contribution in [2.75, 3.05) is 0 Å². The van der Waals surface area contributed by atoms with Gasteiger partial charge in [0.2, 0.25) is 10.0 Å². The molecule has 0 atom stereocenters. The van der Waals surface area contributed by atoms with Gasteiger partial charge in [0.1, 0.15) is 0 Å². The molecule has 136 valence electrons. The molecule has 1 N–H and O–H groups in total. The third-order valence-corrected chi connectivity index (χ3v) is 5.94. The highest BCUT2D eigenvalue weighted by atomic mass is 35.5. The van der Waals surface area contributed by atoms with Crippen molar-refractivity contribution in [2.45, 2.75) is 31.3 Å². The van der Waals surface area contributed by atoms with Crippen LogP contribution in [0.15, 0.2) is 71.8 Å². The van der Waals surface area contributed by atoms with Gasteiger partial charge in [-0.1, -0.05) is 42.8 Å². The summed E-state index contributed by atoms with van der Waals surface area (Å²) >= 11 is 5.92. The molecule has 26 heavy (non-hydrogen) atoms. The van der Waals surface area contributed by atoms with E-state index < -0.39 is 10.0 Å². The first kappa shape index (κ1) is 18.7. The molecule has 3 aromatic rings. The SMILES string of the molecule is CCc1ccc(S(=O)(=O)NCc2cccn2Cc2ccc(Cl)cc2)cc1. The molecule has 0 radical (unpaired) electrons. The third-order valence-electron chi connectivity index (χ3n) is 4.27. The van der Waals surface area contributed by atoms with Crippen molar-refractivity contribution in [3.05, 3.63) is 88.7 Å². The molecule has 0 saturated heterocycles. The van der Waals surface area contributed by atoms with E-state index in [0.29, 0.717) is 11.6 Å². The maximum Gasteiger partial charge on any atom is 0.240 e. The predicted octanol–water partition coefficient (Wildman–Crippen LogP) is 4.23. The monoisotopic (exact) mass is 388 g/mol. The lowest BCUT2D eigenvalue weighted by Crippen LogP contribution is -2.24. The molecule has 0 saturated carbocycles. The van der Waals surface area contributed by atoms with E-state index in [2.05, 4.69) is 4.72 Å². The van der Waals surface area contributed by atoms with Gasteiger partial charge in [0.15, 0.2) is 0 Å². The van der Waals surface area contributed by atoms with Crippen LogP contribution in [0.25, 0.3) is 0 Å². The maximum absolute atomic E-state index is 12.5. The average Bonchev–Trinajstić information content (AvgIpc) is 3.09. The molecule has 0 aliphatic carbocycles. The summed E-state index contributed by atoms with van der Waals surface area (Å²) in [6.07, 6.45) is 2.82. The van der Waals surface area contributed by atoms with Crippen LogP contribution in [-0.4, -0.2) is 13.0 Å². The fourth-order valence-corrected chi connectivity index (χ4v) is 3.83. The standard InChI is InChI=1S/C20H21ClN2O2S/c1-2-16-7-11-20(12-8-16)26(24,25)22-14-19-4-3-13-23(19)15-17-5-9-18(21)10-6-17/h3-13,22H,2,14-15H2,1H3. The normalized spacial score (nSPS) is 11.6. The zero-order valence-corrected chi connectivity index (χ0v) is 16.1. The molecule has 0 amide bonds. The Labute approximate surface area is 159 Å². The summed E-state index contributed by atoms with van der Waals surface area (Å²) in [5, 5.41) is 0.698. The average molecular weight is 389 g/mol. The van der Waals surface area contributed by atoms with Gasteiger partial charge >= 0.3 is 0 Å². The molecule has 0 aliphatic heterocycles. The highest BCUT2D eigenvalue weighted by Crippen LogP contribution is 2.14. The molecule has 3 rings (SSSR count). The number of sulfonamides is 1. The van der Waals surface area contributed by atoms with Crippen LogP contribution in [0, 0.1) is 0 Å². The number of hydrogen-bond donors (Lipinski definition) is 1. The summed E-state index contributed by atoms with van der Waals surface area (Å²) in [5.41, 5.74) is 3.11. The number of aromatic nitrogens is 1. The van der Waals surface area contributed by atoms with Crippen molar-refractivity contribution >= 4 is 21.6 Å². The van der Waals surface area contributed by atoms with Crippen LogP contribution in [0.4, 0.5) is 0 Å². The van der Waals surface area contributed by atoms with E-state index in [-0.39, 0.29) is 11.4 Å². The van der Waals surface area contributed by atoms with Crippen molar-refractivity contribution < 1.29 is 8.42 Å². The van der Waals surface area contributed by atoms with E-state index >= 15 is 0 Å². The van der Waals surface area contributed by atoms with E-state index in [1.165, 1.54) is 0 Å². The van der Waals surface area contributed by atoms with Crippen molar-refractivity contribution in [2.24, 2.45) is 0 Å². The van der Waals surface area contributed by atoms with Gasteiger partial charge in [0.05, 0.1) is 11.4 Å². The second-order valence-electron chi connectivity index (χ2n) is 6.08.